The summed E-state index contributed by atoms with van der Waals surface area (Å²) in [7, 11) is 1.90. The second-order valence-electron chi connectivity index (χ2n) is 7.72. The fourth-order valence-electron chi connectivity index (χ4n) is 4.12. The molecule has 8 heteroatoms. The van der Waals surface area contributed by atoms with Gasteiger partial charge in [-0.3, -0.25) is 4.68 Å². The van der Waals surface area contributed by atoms with E-state index in [0.717, 1.165) is 24.2 Å². The average molecular weight is 489 g/mol. The van der Waals surface area contributed by atoms with Gasteiger partial charge in [-0.1, -0.05) is 19.3 Å². The molecular weight excluding hydrogens is 453 g/mol. The summed E-state index contributed by atoms with van der Waals surface area (Å²) >= 11 is 0. The summed E-state index contributed by atoms with van der Waals surface area (Å²) < 4.78 is 1.77. The van der Waals surface area contributed by atoms with E-state index in [0.29, 0.717) is 12.6 Å². The number of hydrogen-bond donors (Lipinski definition) is 2. The van der Waals surface area contributed by atoms with E-state index in [1.807, 2.05) is 7.05 Å². The van der Waals surface area contributed by atoms with Crippen molar-refractivity contribution in [3.05, 3.63) is 12.2 Å². The van der Waals surface area contributed by atoms with Crippen molar-refractivity contribution >= 4 is 29.9 Å². The number of nitrogens with zero attached hydrogens (tertiary/aromatic N) is 5. The number of aryl methyl sites for hydroxylation is 1. The van der Waals surface area contributed by atoms with Crippen LogP contribution in [0.1, 0.15) is 57.7 Å². The lowest BCUT2D eigenvalue weighted by Crippen LogP contribution is -2.49. The number of guanidine groups is 1. The molecule has 2 aliphatic rings. The summed E-state index contributed by atoms with van der Waals surface area (Å²) in [6.07, 6.45) is 11.2. The molecule has 0 amide bonds. The highest BCUT2D eigenvalue weighted by molar-refractivity contribution is 14.0. The van der Waals surface area contributed by atoms with Gasteiger partial charge in [-0.25, -0.2) is 9.98 Å². The van der Waals surface area contributed by atoms with E-state index in [9.17, 15) is 0 Å². The Morgan fingerprint density at radius 1 is 1.19 bits per heavy atom. The third-order valence-corrected chi connectivity index (χ3v) is 5.70. The predicted molar refractivity (Wildman–Crippen MR) is 120 cm³/mol. The van der Waals surface area contributed by atoms with E-state index in [1.54, 1.807) is 11.0 Å². The first kappa shape index (κ1) is 22.4. The van der Waals surface area contributed by atoms with Crippen molar-refractivity contribution in [2.45, 2.75) is 64.5 Å². The van der Waals surface area contributed by atoms with Gasteiger partial charge in [0.2, 0.25) is 0 Å². The van der Waals surface area contributed by atoms with Crippen LogP contribution in [0.25, 0.3) is 0 Å². The predicted octanol–water partition coefficient (Wildman–Crippen LogP) is 2.53. The molecule has 154 valence electrons. The Hall–Kier alpha value is -0.900. The number of aliphatic imine (C=N–C) groups is 1. The van der Waals surface area contributed by atoms with Crippen LogP contribution in [0.15, 0.2) is 11.3 Å². The minimum Gasteiger partial charge on any atom is -0.357 e. The van der Waals surface area contributed by atoms with Crippen molar-refractivity contribution < 1.29 is 0 Å². The van der Waals surface area contributed by atoms with Crippen molar-refractivity contribution in [1.29, 1.82) is 0 Å². The largest absolute Gasteiger partial charge is 0.357 e. The average Bonchev–Trinajstić information content (AvgIpc) is 3.07. The highest BCUT2D eigenvalue weighted by Crippen LogP contribution is 2.25. The topological polar surface area (TPSA) is 70.4 Å². The zero-order chi connectivity index (χ0) is 18.2. The quantitative estimate of drug-likeness (QED) is 0.365. The van der Waals surface area contributed by atoms with Gasteiger partial charge in [0.15, 0.2) is 5.96 Å². The SMILES string of the molecule is CCNC(=NCc1ncnn1C)NC1CCN(CC2CCCCC2)CC1.I. The first-order chi connectivity index (χ1) is 12.7. The number of piperidine rings is 1. The maximum Gasteiger partial charge on any atom is 0.191 e. The normalized spacial score (nSPS) is 20.3. The highest BCUT2D eigenvalue weighted by atomic mass is 127. The van der Waals surface area contributed by atoms with Crippen LogP contribution in [0.2, 0.25) is 0 Å². The lowest BCUT2D eigenvalue weighted by atomic mass is 9.88. The van der Waals surface area contributed by atoms with E-state index in [2.05, 4.69) is 37.5 Å². The van der Waals surface area contributed by atoms with Crippen LogP contribution >= 0.6 is 24.0 Å². The van der Waals surface area contributed by atoms with E-state index in [1.165, 1.54) is 64.6 Å². The third-order valence-electron chi connectivity index (χ3n) is 5.70. The molecule has 3 rings (SSSR count). The lowest BCUT2D eigenvalue weighted by Gasteiger charge is -2.36. The molecule has 0 aromatic carbocycles. The van der Waals surface area contributed by atoms with E-state index >= 15 is 0 Å². The smallest absolute Gasteiger partial charge is 0.191 e. The maximum absolute atomic E-state index is 4.68. The van der Waals surface area contributed by atoms with Crippen molar-refractivity contribution in [1.82, 2.24) is 30.3 Å². The molecule has 0 bridgehead atoms. The van der Waals surface area contributed by atoms with Gasteiger partial charge in [-0.2, -0.15) is 5.10 Å². The molecule has 1 saturated carbocycles. The van der Waals surface area contributed by atoms with Gasteiger partial charge in [-0.05, 0) is 38.5 Å². The Morgan fingerprint density at radius 2 is 1.93 bits per heavy atom. The van der Waals surface area contributed by atoms with E-state index in [-0.39, 0.29) is 24.0 Å². The van der Waals surface area contributed by atoms with Gasteiger partial charge in [0.1, 0.15) is 18.7 Å². The summed E-state index contributed by atoms with van der Waals surface area (Å²) in [4.78, 5) is 11.6. The van der Waals surface area contributed by atoms with Gasteiger partial charge in [0.05, 0.1) is 0 Å². The Kier molecular flexibility index (Phi) is 9.81. The molecule has 0 spiro atoms. The lowest BCUT2D eigenvalue weighted by molar-refractivity contribution is 0.160. The third kappa shape index (κ3) is 7.21. The van der Waals surface area contributed by atoms with Crippen molar-refractivity contribution in [3.8, 4) is 0 Å². The molecular formula is C19H36IN7. The Labute approximate surface area is 180 Å². The summed E-state index contributed by atoms with van der Waals surface area (Å²) in [6, 6.07) is 0.509. The molecule has 0 atom stereocenters. The van der Waals surface area contributed by atoms with Gasteiger partial charge < -0.3 is 15.5 Å². The fourth-order valence-corrected chi connectivity index (χ4v) is 4.12. The number of nitrogens with one attached hydrogen (secondary N) is 2. The fraction of sp³-hybridized carbons (Fsp3) is 0.842. The molecule has 0 radical (unpaired) electrons. The van der Waals surface area contributed by atoms with Crippen LogP contribution in [-0.2, 0) is 13.6 Å². The van der Waals surface area contributed by atoms with Gasteiger partial charge in [-0.15, -0.1) is 24.0 Å². The summed E-state index contributed by atoms with van der Waals surface area (Å²) in [5, 5.41) is 11.1. The molecule has 1 aliphatic heterocycles. The van der Waals surface area contributed by atoms with Crippen LogP contribution in [-0.4, -0.2) is 57.8 Å². The van der Waals surface area contributed by atoms with Crippen molar-refractivity contribution in [2.24, 2.45) is 18.0 Å². The van der Waals surface area contributed by atoms with Crippen LogP contribution < -0.4 is 10.6 Å². The maximum atomic E-state index is 4.68. The standard InChI is InChI=1S/C19H35N7.HI/c1-3-20-19(21-13-18-22-15-23-25(18)2)24-17-9-11-26(12-10-17)14-16-7-5-4-6-8-16;/h15-17H,3-14H2,1-2H3,(H2,20,21,24);1H. The van der Waals surface area contributed by atoms with Gasteiger partial charge >= 0.3 is 0 Å². The van der Waals surface area contributed by atoms with E-state index in [4.69, 9.17) is 0 Å². The molecule has 1 saturated heterocycles. The number of hydrogen-bond acceptors (Lipinski definition) is 4. The van der Waals surface area contributed by atoms with Crippen LogP contribution in [0.4, 0.5) is 0 Å². The Bertz CT molecular complexity index is 560. The molecule has 1 aromatic rings. The first-order valence-corrected chi connectivity index (χ1v) is 10.3. The summed E-state index contributed by atoms with van der Waals surface area (Å²) in [5.74, 6) is 2.71. The number of rotatable bonds is 6. The molecule has 7 nitrogen and oxygen atoms in total. The monoisotopic (exact) mass is 489 g/mol. The minimum absolute atomic E-state index is 0. The summed E-state index contributed by atoms with van der Waals surface area (Å²) in [6.45, 7) is 7.24. The molecule has 2 N–H and O–H groups in total. The van der Waals surface area contributed by atoms with Gasteiger partial charge in [0.25, 0.3) is 0 Å². The molecule has 2 heterocycles. The molecule has 0 unspecified atom stereocenters. The van der Waals surface area contributed by atoms with Crippen LogP contribution in [0, 0.1) is 5.92 Å². The number of aromatic nitrogens is 3. The zero-order valence-corrected chi connectivity index (χ0v) is 19.2. The highest BCUT2D eigenvalue weighted by Gasteiger charge is 2.23. The van der Waals surface area contributed by atoms with Crippen molar-refractivity contribution in [2.75, 3.05) is 26.2 Å². The Balaban J connectivity index is 0.00000261. The van der Waals surface area contributed by atoms with Crippen LogP contribution in [0.3, 0.4) is 0 Å². The molecule has 2 fully saturated rings. The second kappa shape index (κ2) is 11.8. The molecule has 1 aromatic heterocycles. The second-order valence-corrected chi connectivity index (χ2v) is 7.72. The number of halogens is 1. The molecule has 1 aliphatic carbocycles. The number of likely N-dealkylation sites (tertiary alicyclic amines) is 1. The Morgan fingerprint density at radius 3 is 2.56 bits per heavy atom. The zero-order valence-electron chi connectivity index (χ0n) is 16.9. The van der Waals surface area contributed by atoms with Crippen molar-refractivity contribution in [3.63, 3.8) is 0 Å². The van der Waals surface area contributed by atoms with Crippen LogP contribution in [0.5, 0.6) is 0 Å². The minimum atomic E-state index is 0. The molecule has 27 heavy (non-hydrogen) atoms. The first-order valence-electron chi connectivity index (χ1n) is 10.3. The van der Waals surface area contributed by atoms with E-state index < -0.39 is 0 Å². The summed E-state index contributed by atoms with van der Waals surface area (Å²) in [5.41, 5.74) is 0. The van der Waals surface area contributed by atoms with Gasteiger partial charge in [0, 0.05) is 39.3 Å².